The summed E-state index contributed by atoms with van der Waals surface area (Å²) in [5.74, 6) is 0.160. The van der Waals surface area contributed by atoms with Gasteiger partial charge in [0.25, 0.3) is 0 Å². The first-order valence-corrected chi connectivity index (χ1v) is 6.40. The summed E-state index contributed by atoms with van der Waals surface area (Å²) in [7, 11) is 3.94. The standard InChI is InChI=1S/C14H21N3O/c1-17(2)13-6-4-3-5-12(13)16-14(18)10-7-8-11(15)9-10/h3-6,10-11H,7-9,15H2,1-2H3,(H,16,18). The molecule has 1 fully saturated rings. The topological polar surface area (TPSA) is 58.4 Å². The molecule has 0 radical (unpaired) electrons. The summed E-state index contributed by atoms with van der Waals surface area (Å²) in [4.78, 5) is 14.1. The van der Waals surface area contributed by atoms with Gasteiger partial charge in [0.15, 0.2) is 0 Å². The Labute approximate surface area is 108 Å². The van der Waals surface area contributed by atoms with Gasteiger partial charge in [-0.15, -0.1) is 0 Å². The number of carbonyl (C=O) groups excluding carboxylic acids is 1. The monoisotopic (exact) mass is 247 g/mol. The molecule has 1 aromatic rings. The average Bonchev–Trinajstić information content (AvgIpc) is 2.76. The first-order chi connectivity index (χ1) is 8.58. The molecule has 0 aliphatic heterocycles. The molecule has 1 amide bonds. The van der Waals surface area contributed by atoms with Crippen LogP contribution in [0.15, 0.2) is 24.3 Å². The van der Waals surface area contributed by atoms with E-state index in [1.807, 2.05) is 43.3 Å². The van der Waals surface area contributed by atoms with E-state index in [9.17, 15) is 4.79 Å². The summed E-state index contributed by atoms with van der Waals surface area (Å²) >= 11 is 0. The van der Waals surface area contributed by atoms with Crippen molar-refractivity contribution in [2.75, 3.05) is 24.3 Å². The molecule has 18 heavy (non-hydrogen) atoms. The first kappa shape index (κ1) is 12.9. The van der Waals surface area contributed by atoms with Gasteiger partial charge in [0.1, 0.15) is 0 Å². The molecule has 0 spiro atoms. The minimum absolute atomic E-state index is 0.0650. The summed E-state index contributed by atoms with van der Waals surface area (Å²) in [5, 5.41) is 3.02. The predicted molar refractivity (Wildman–Crippen MR) is 74.7 cm³/mol. The average molecular weight is 247 g/mol. The van der Waals surface area contributed by atoms with Gasteiger partial charge in [0.05, 0.1) is 11.4 Å². The van der Waals surface area contributed by atoms with E-state index in [1.54, 1.807) is 0 Å². The minimum Gasteiger partial charge on any atom is -0.376 e. The maximum atomic E-state index is 12.1. The van der Waals surface area contributed by atoms with E-state index in [-0.39, 0.29) is 17.9 Å². The zero-order chi connectivity index (χ0) is 13.1. The van der Waals surface area contributed by atoms with E-state index in [4.69, 9.17) is 5.73 Å². The van der Waals surface area contributed by atoms with Crippen LogP contribution < -0.4 is 16.0 Å². The molecule has 0 saturated heterocycles. The summed E-state index contributed by atoms with van der Waals surface area (Å²) < 4.78 is 0. The predicted octanol–water partition coefficient (Wildman–Crippen LogP) is 1.82. The van der Waals surface area contributed by atoms with Crippen molar-refractivity contribution < 1.29 is 4.79 Å². The summed E-state index contributed by atoms with van der Waals surface area (Å²) in [6, 6.07) is 8.02. The Hall–Kier alpha value is -1.55. The van der Waals surface area contributed by atoms with Crippen LogP contribution in [0.1, 0.15) is 19.3 Å². The quantitative estimate of drug-likeness (QED) is 0.856. The number of carbonyl (C=O) groups is 1. The van der Waals surface area contributed by atoms with E-state index >= 15 is 0 Å². The van der Waals surface area contributed by atoms with Gasteiger partial charge in [-0.25, -0.2) is 0 Å². The molecule has 0 aromatic heterocycles. The van der Waals surface area contributed by atoms with Crippen LogP contribution in [0, 0.1) is 5.92 Å². The Balaban J connectivity index is 2.07. The lowest BCUT2D eigenvalue weighted by atomic mass is 10.1. The summed E-state index contributed by atoms with van der Waals surface area (Å²) in [6.45, 7) is 0. The number of nitrogens with one attached hydrogen (secondary N) is 1. The lowest BCUT2D eigenvalue weighted by molar-refractivity contribution is -0.119. The van der Waals surface area contributed by atoms with Crippen molar-refractivity contribution in [3.8, 4) is 0 Å². The van der Waals surface area contributed by atoms with Crippen molar-refractivity contribution in [2.45, 2.75) is 25.3 Å². The van der Waals surface area contributed by atoms with Gasteiger partial charge in [-0.2, -0.15) is 0 Å². The van der Waals surface area contributed by atoms with E-state index < -0.39 is 0 Å². The Morgan fingerprint density at radius 1 is 1.33 bits per heavy atom. The Bertz CT molecular complexity index is 431. The molecule has 1 aliphatic carbocycles. The lowest BCUT2D eigenvalue weighted by Crippen LogP contribution is -2.24. The van der Waals surface area contributed by atoms with Crippen LogP contribution in [0.3, 0.4) is 0 Å². The molecule has 3 N–H and O–H groups in total. The van der Waals surface area contributed by atoms with Crippen LogP contribution in [0.25, 0.3) is 0 Å². The van der Waals surface area contributed by atoms with Crippen LogP contribution in [0.5, 0.6) is 0 Å². The third kappa shape index (κ3) is 2.82. The van der Waals surface area contributed by atoms with Crippen LogP contribution in [0.4, 0.5) is 11.4 Å². The van der Waals surface area contributed by atoms with Crippen molar-refractivity contribution in [1.29, 1.82) is 0 Å². The molecule has 98 valence electrons. The second-order valence-corrected chi connectivity index (χ2v) is 5.17. The molecule has 1 saturated carbocycles. The molecule has 2 unspecified atom stereocenters. The first-order valence-electron chi connectivity index (χ1n) is 6.40. The number of anilines is 2. The van der Waals surface area contributed by atoms with Gasteiger partial charge in [-0.3, -0.25) is 4.79 Å². The number of hydrogen-bond acceptors (Lipinski definition) is 3. The molecule has 0 heterocycles. The molecular weight excluding hydrogens is 226 g/mol. The van der Waals surface area contributed by atoms with E-state index in [2.05, 4.69) is 5.32 Å². The molecule has 1 aliphatic rings. The highest BCUT2D eigenvalue weighted by molar-refractivity contribution is 5.95. The van der Waals surface area contributed by atoms with Crippen molar-refractivity contribution in [2.24, 2.45) is 11.7 Å². The fraction of sp³-hybridized carbons (Fsp3) is 0.500. The van der Waals surface area contributed by atoms with Crippen molar-refractivity contribution in [3.63, 3.8) is 0 Å². The highest BCUT2D eigenvalue weighted by atomic mass is 16.1. The molecule has 4 nitrogen and oxygen atoms in total. The largest absolute Gasteiger partial charge is 0.376 e. The second kappa shape index (κ2) is 5.40. The fourth-order valence-corrected chi connectivity index (χ4v) is 2.46. The van der Waals surface area contributed by atoms with Crippen LogP contribution >= 0.6 is 0 Å². The number of benzene rings is 1. The second-order valence-electron chi connectivity index (χ2n) is 5.17. The van der Waals surface area contributed by atoms with Crippen LogP contribution in [-0.4, -0.2) is 26.0 Å². The van der Waals surface area contributed by atoms with Gasteiger partial charge in [0.2, 0.25) is 5.91 Å². The van der Waals surface area contributed by atoms with Crippen molar-refractivity contribution in [3.05, 3.63) is 24.3 Å². The maximum Gasteiger partial charge on any atom is 0.227 e. The fourth-order valence-electron chi connectivity index (χ4n) is 2.46. The number of para-hydroxylation sites is 2. The molecule has 2 atom stereocenters. The number of amides is 1. The van der Waals surface area contributed by atoms with E-state index in [0.29, 0.717) is 0 Å². The van der Waals surface area contributed by atoms with Crippen LogP contribution in [-0.2, 0) is 4.79 Å². The molecule has 0 bridgehead atoms. The summed E-state index contributed by atoms with van der Waals surface area (Å²) in [6.07, 6.45) is 2.65. The van der Waals surface area contributed by atoms with Crippen molar-refractivity contribution >= 4 is 17.3 Å². The van der Waals surface area contributed by atoms with E-state index in [0.717, 1.165) is 30.6 Å². The highest BCUT2D eigenvalue weighted by Gasteiger charge is 2.28. The molecular formula is C14H21N3O. The van der Waals surface area contributed by atoms with Gasteiger partial charge in [-0.05, 0) is 31.4 Å². The molecule has 4 heteroatoms. The Morgan fingerprint density at radius 2 is 2.06 bits per heavy atom. The number of rotatable bonds is 3. The highest BCUT2D eigenvalue weighted by Crippen LogP contribution is 2.28. The maximum absolute atomic E-state index is 12.1. The number of hydrogen-bond donors (Lipinski definition) is 2. The zero-order valence-electron chi connectivity index (χ0n) is 11.0. The van der Waals surface area contributed by atoms with Crippen molar-refractivity contribution in [1.82, 2.24) is 0 Å². The Morgan fingerprint density at radius 3 is 2.67 bits per heavy atom. The van der Waals surface area contributed by atoms with Gasteiger partial charge in [0, 0.05) is 26.1 Å². The van der Waals surface area contributed by atoms with E-state index in [1.165, 1.54) is 0 Å². The molecule has 2 rings (SSSR count). The van der Waals surface area contributed by atoms with Gasteiger partial charge < -0.3 is 16.0 Å². The normalized spacial score (nSPS) is 22.8. The molecule has 1 aromatic carbocycles. The smallest absolute Gasteiger partial charge is 0.227 e. The SMILES string of the molecule is CN(C)c1ccccc1NC(=O)C1CCC(N)C1. The third-order valence-electron chi connectivity index (χ3n) is 3.49. The minimum atomic E-state index is 0.0650. The zero-order valence-corrected chi connectivity index (χ0v) is 11.0. The Kier molecular flexibility index (Phi) is 3.87. The lowest BCUT2D eigenvalue weighted by Gasteiger charge is -2.19. The summed E-state index contributed by atoms with van der Waals surface area (Å²) in [5.41, 5.74) is 7.74. The third-order valence-corrected chi connectivity index (χ3v) is 3.49. The number of nitrogens with zero attached hydrogens (tertiary/aromatic N) is 1. The van der Waals surface area contributed by atoms with Gasteiger partial charge >= 0.3 is 0 Å². The van der Waals surface area contributed by atoms with Crippen LogP contribution in [0.2, 0.25) is 0 Å². The number of nitrogens with two attached hydrogens (primary N) is 1. The van der Waals surface area contributed by atoms with Gasteiger partial charge in [-0.1, -0.05) is 12.1 Å².